The maximum absolute atomic E-state index is 12.7. The summed E-state index contributed by atoms with van der Waals surface area (Å²) in [5.74, 6) is -1.85. The van der Waals surface area contributed by atoms with Gasteiger partial charge in [0.1, 0.15) is 6.04 Å². The van der Waals surface area contributed by atoms with E-state index < -0.39 is 29.9 Å². The van der Waals surface area contributed by atoms with E-state index in [9.17, 15) is 14.4 Å². The molecule has 0 aromatic heterocycles. The highest BCUT2D eigenvalue weighted by molar-refractivity contribution is 5.98. The summed E-state index contributed by atoms with van der Waals surface area (Å²) >= 11 is 0. The molecule has 0 aliphatic rings. The summed E-state index contributed by atoms with van der Waals surface area (Å²) in [7, 11) is 0. The molecule has 8 nitrogen and oxygen atoms in total. The summed E-state index contributed by atoms with van der Waals surface area (Å²) in [6, 6.07) is 13.6. The first-order valence-corrected chi connectivity index (χ1v) is 9.85. The van der Waals surface area contributed by atoms with Crippen LogP contribution in [0.5, 0.6) is 0 Å². The summed E-state index contributed by atoms with van der Waals surface area (Å²) in [6.07, 6.45) is 2.17. The molecular weight excluding hydrogens is 384 g/mol. The number of carbonyl (C=O) groups is 3. The van der Waals surface area contributed by atoms with Gasteiger partial charge in [0.2, 0.25) is 11.8 Å². The van der Waals surface area contributed by atoms with E-state index in [-0.39, 0.29) is 5.56 Å². The average Bonchev–Trinajstić information content (AvgIpc) is 2.74. The number of benzene rings is 2. The monoisotopic (exact) mass is 412 g/mol. The number of amides is 2. The lowest BCUT2D eigenvalue weighted by Gasteiger charge is -2.21. The predicted octanol–water partition coefficient (Wildman–Crippen LogP) is 1.51. The Balaban J connectivity index is 2.01. The van der Waals surface area contributed by atoms with Gasteiger partial charge in [0, 0.05) is 5.69 Å². The van der Waals surface area contributed by atoms with Crippen LogP contribution < -0.4 is 22.1 Å². The normalized spacial score (nSPS) is 12.6. The van der Waals surface area contributed by atoms with E-state index in [1.54, 1.807) is 0 Å². The second kappa shape index (κ2) is 11.7. The minimum Gasteiger partial charge on any atom is -0.478 e. The molecule has 2 rings (SSSR count). The van der Waals surface area contributed by atoms with Crippen LogP contribution in [0.4, 0.5) is 5.69 Å². The summed E-state index contributed by atoms with van der Waals surface area (Å²) in [5, 5.41) is 14.4. The lowest BCUT2D eigenvalue weighted by atomic mass is 10.0. The van der Waals surface area contributed by atoms with Gasteiger partial charge in [-0.05, 0) is 62.1 Å². The smallest absolute Gasteiger partial charge is 0.335 e. The molecule has 0 unspecified atom stereocenters. The van der Waals surface area contributed by atoms with Crippen molar-refractivity contribution in [2.24, 2.45) is 11.5 Å². The zero-order valence-corrected chi connectivity index (χ0v) is 16.7. The SMILES string of the molecule is NCCCC[C@H](NC(=O)[C@@H](N)Cc1ccccc1)C(=O)Nc1ccc(C(=O)O)cc1. The number of hydrogen-bond donors (Lipinski definition) is 5. The molecule has 0 bridgehead atoms. The van der Waals surface area contributed by atoms with E-state index in [0.29, 0.717) is 31.5 Å². The van der Waals surface area contributed by atoms with Crippen LogP contribution in [0.3, 0.4) is 0 Å². The molecule has 2 amide bonds. The van der Waals surface area contributed by atoms with Gasteiger partial charge in [-0.1, -0.05) is 30.3 Å². The number of carbonyl (C=O) groups excluding carboxylic acids is 2. The van der Waals surface area contributed by atoms with Crippen molar-refractivity contribution >= 4 is 23.5 Å². The summed E-state index contributed by atoms with van der Waals surface area (Å²) in [4.78, 5) is 36.2. The van der Waals surface area contributed by atoms with Crippen LogP contribution in [-0.2, 0) is 16.0 Å². The number of unbranched alkanes of at least 4 members (excludes halogenated alkanes) is 1. The zero-order valence-electron chi connectivity index (χ0n) is 16.7. The van der Waals surface area contributed by atoms with Crippen molar-refractivity contribution in [2.75, 3.05) is 11.9 Å². The van der Waals surface area contributed by atoms with Crippen molar-refractivity contribution in [3.05, 3.63) is 65.7 Å². The van der Waals surface area contributed by atoms with Gasteiger partial charge in [0.15, 0.2) is 0 Å². The third-order valence-electron chi connectivity index (χ3n) is 4.61. The highest BCUT2D eigenvalue weighted by Crippen LogP contribution is 2.12. The number of nitrogens with one attached hydrogen (secondary N) is 2. The number of anilines is 1. The summed E-state index contributed by atoms with van der Waals surface area (Å²) in [5.41, 5.74) is 13.1. The lowest BCUT2D eigenvalue weighted by Crippen LogP contribution is -2.50. The van der Waals surface area contributed by atoms with Crippen molar-refractivity contribution in [3.63, 3.8) is 0 Å². The Morgan fingerprint density at radius 1 is 0.933 bits per heavy atom. The fourth-order valence-corrected chi connectivity index (χ4v) is 2.93. The molecule has 0 saturated carbocycles. The molecule has 0 radical (unpaired) electrons. The third kappa shape index (κ3) is 7.31. The molecule has 2 aromatic rings. The number of rotatable bonds is 11. The minimum atomic E-state index is -1.05. The molecular formula is C22H28N4O4. The van der Waals surface area contributed by atoms with Gasteiger partial charge in [-0.25, -0.2) is 4.79 Å². The van der Waals surface area contributed by atoms with Crippen LogP contribution in [0.25, 0.3) is 0 Å². The fraction of sp³-hybridized carbons (Fsp3) is 0.318. The van der Waals surface area contributed by atoms with Gasteiger partial charge >= 0.3 is 5.97 Å². The molecule has 0 aliphatic carbocycles. The molecule has 2 atom stereocenters. The quantitative estimate of drug-likeness (QED) is 0.353. The van der Waals surface area contributed by atoms with Crippen LogP contribution >= 0.6 is 0 Å². The number of hydrogen-bond acceptors (Lipinski definition) is 5. The van der Waals surface area contributed by atoms with E-state index in [2.05, 4.69) is 10.6 Å². The average molecular weight is 412 g/mol. The maximum atomic E-state index is 12.7. The molecule has 30 heavy (non-hydrogen) atoms. The first kappa shape index (κ1) is 23.1. The Bertz CT molecular complexity index is 840. The summed E-state index contributed by atoms with van der Waals surface area (Å²) in [6.45, 7) is 0.493. The van der Waals surface area contributed by atoms with Gasteiger partial charge in [-0.3, -0.25) is 9.59 Å². The van der Waals surface area contributed by atoms with Gasteiger partial charge in [-0.15, -0.1) is 0 Å². The first-order valence-electron chi connectivity index (χ1n) is 9.85. The summed E-state index contributed by atoms with van der Waals surface area (Å²) < 4.78 is 0. The van der Waals surface area contributed by atoms with Crippen molar-refractivity contribution in [1.82, 2.24) is 5.32 Å². The van der Waals surface area contributed by atoms with E-state index in [1.807, 2.05) is 30.3 Å². The van der Waals surface area contributed by atoms with E-state index in [1.165, 1.54) is 24.3 Å². The van der Waals surface area contributed by atoms with Crippen molar-refractivity contribution in [3.8, 4) is 0 Å². The second-order valence-corrected chi connectivity index (χ2v) is 7.01. The fourth-order valence-electron chi connectivity index (χ4n) is 2.93. The van der Waals surface area contributed by atoms with Gasteiger partial charge in [0.25, 0.3) is 0 Å². The van der Waals surface area contributed by atoms with Crippen LogP contribution in [0.2, 0.25) is 0 Å². The van der Waals surface area contributed by atoms with Crippen LogP contribution in [0, 0.1) is 0 Å². The maximum Gasteiger partial charge on any atom is 0.335 e. The van der Waals surface area contributed by atoms with Gasteiger partial charge in [-0.2, -0.15) is 0 Å². The van der Waals surface area contributed by atoms with E-state index in [4.69, 9.17) is 16.6 Å². The molecule has 0 saturated heterocycles. The molecule has 0 fully saturated rings. The van der Waals surface area contributed by atoms with E-state index >= 15 is 0 Å². The van der Waals surface area contributed by atoms with Crippen LogP contribution in [0.15, 0.2) is 54.6 Å². The van der Waals surface area contributed by atoms with Crippen molar-refractivity contribution in [2.45, 2.75) is 37.8 Å². The lowest BCUT2D eigenvalue weighted by molar-refractivity contribution is -0.127. The molecule has 160 valence electrons. The molecule has 0 spiro atoms. The van der Waals surface area contributed by atoms with Crippen LogP contribution in [0.1, 0.15) is 35.2 Å². The number of carboxylic acid groups (broad SMARTS) is 1. The highest BCUT2D eigenvalue weighted by Gasteiger charge is 2.24. The van der Waals surface area contributed by atoms with Gasteiger partial charge < -0.3 is 27.2 Å². The van der Waals surface area contributed by atoms with Crippen molar-refractivity contribution in [1.29, 1.82) is 0 Å². The third-order valence-corrected chi connectivity index (χ3v) is 4.61. The Labute approximate surface area is 175 Å². The molecule has 0 heterocycles. The Morgan fingerprint density at radius 3 is 2.20 bits per heavy atom. The molecule has 2 aromatic carbocycles. The van der Waals surface area contributed by atoms with E-state index in [0.717, 1.165) is 12.0 Å². The van der Waals surface area contributed by atoms with Crippen molar-refractivity contribution < 1.29 is 19.5 Å². The Kier molecular flexibility index (Phi) is 8.99. The molecule has 7 N–H and O–H groups in total. The largest absolute Gasteiger partial charge is 0.478 e. The number of carboxylic acids is 1. The first-order chi connectivity index (χ1) is 14.4. The highest BCUT2D eigenvalue weighted by atomic mass is 16.4. The topological polar surface area (TPSA) is 148 Å². The Hall–Kier alpha value is -3.23. The standard InChI is InChI=1S/C22H28N4O4/c23-13-5-4-8-19(21(28)25-17-11-9-16(10-12-17)22(29)30)26-20(27)18(24)14-15-6-2-1-3-7-15/h1-3,6-7,9-12,18-19H,4-5,8,13-14,23-24H2,(H,25,28)(H,26,27)(H,29,30)/t18-,19-/m0/s1. The second-order valence-electron chi connectivity index (χ2n) is 7.01. The zero-order chi connectivity index (χ0) is 21.9. The molecule has 0 aliphatic heterocycles. The van der Waals surface area contributed by atoms with Crippen LogP contribution in [-0.4, -0.2) is 41.5 Å². The number of aromatic carboxylic acids is 1. The predicted molar refractivity (Wildman–Crippen MR) is 115 cm³/mol. The molecule has 8 heteroatoms. The minimum absolute atomic E-state index is 0.118. The number of nitrogens with two attached hydrogens (primary N) is 2. The Morgan fingerprint density at radius 2 is 1.60 bits per heavy atom. The van der Waals surface area contributed by atoms with Gasteiger partial charge in [0.05, 0.1) is 11.6 Å².